The highest BCUT2D eigenvalue weighted by molar-refractivity contribution is 9.11. The molecule has 1 fully saturated rings. The number of ether oxygens (including phenoxy) is 1. The van der Waals surface area contributed by atoms with Crippen LogP contribution < -0.4 is 0 Å². The molecule has 0 aromatic carbocycles. The lowest BCUT2D eigenvalue weighted by Gasteiger charge is -2.13. The predicted octanol–water partition coefficient (Wildman–Crippen LogP) is 2.97. The summed E-state index contributed by atoms with van der Waals surface area (Å²) in [5, 5.41) is 12.0. The molecule has 1 saturated heterocycles. The van der Waals surface area contributed by atoms with Gasteiger partial charge in [0.25, 0.3) is 0 Å². The van der Waals surface area contributed by atoms with E-state index in [-0.39, 0.29) is 6.10 Å². The summed E-state index contributed by atoms with van der Waals surface area (Å²) in [6.45, 7) is 1.65. The monoisotopic (exact) mass is 276 g/mol. The number of aliphatic hydroxyl groups excluding tert-OH is 1. The van der Waals surface area contributed by atoms with Gasteiger partial charge in [0.1, 0.15) is 0 Å². The average Bonchev–Trinajstić information content (AvgIpc) is 2.75. The highest BCUT2D eigenvalue weighted by Gasteiger charge is 2.21. The van der Waals surface area contributed by atoms with Gasteiger partial charge in [-0.05, 0) is 46.1 Å². The van der Waals surface area contributed by atoms with E-state index in [0.717, 1.165) is 35.4 Å². The van der Waals surface area contributed by atoms with Crippen LogP contribution in [0.15, 0.2) is 15.2 Å². The van der Waals surface area contributed by atoms with Crippen molar-refractivity contribution in [3.05, 3.63) is 20.8 Å². The van der Waals surface area contributed by atoms with Crippen molar-refractivity contribution < 1.29 is 9.84 Å². The summed E-state index contributed by atoms with van der Waals surface area (Å²) in [5.74, 6) is 0.525. The summed E-state index contributed by atoms with van der Waals surface area (Å²) >= 11 is 5.06. The minimum atomic E-state index is -0.345. The maximum atomic E-state index is 9.97. The first-order valence-electron chi connectivity index (χ1n) is 4.76. The molecule has 0 aliphatic carbocycles. The minimum absolute atomic E-state index is 0.345. The molecule has 2 rings (SSSR count). The van der Waals surface area contributed by atoms with Gasteiger partial charge < -0.3 is 9.84 Å². The Labute approximate surface area is 96.0 Å². The molecule has 1 aliphatic heterocycles. The number of aliphatic hydroxyl groups is 1. The Hall–Kier alpha value is 0.100. The van der Waals surface area contributed by atoms with Gasteiger partial charge in [-0.3, -0.25) is 0 Å². The molecule has 2 atom stereocenters. The Bertz CT molecular complexity index is 294. The largest absolute Gasteiger partial charge is 0.388 e. The van der Waals surface area contributed by atoms with Crippen molar-refractivity contribution in [3.8, 4) is 0 Å². The number of hydrogen-bond acceptors (Lipinski definition) is 3. The van der Waals surface area contributed by atoms with Crippen LogP contribution in [0.4, 0.5) is 0 Å². The molecule has 2 nitrogen and oxygen atoms in total. The number of rotatable bonds is 3. The number of halogens is 1. The second kappa shape index (κ2) is 4.75. The third kappa shape index (κ3) is 2.37. The van der Waals surface area contributed by atoms with Crippen molar-refractivity contribution in [2.24, 2.45) is 5.92 Å². The highest BCUT2D eigenvalue weighted by Crippen LogP contribution is 2.33. The summed E-state index contributed by atoms with van der Waals surface area (Å²) in [6, 6.07) is 1.98. The molecule has 2 heterocycles. The Balaban J connectivity index is 1.95. The van der Waals surface area contributed by atoms with Crippen LogP contribution in [-0.4, -0.2) is 18.3 Å². The third-order valence-corrected chi connectivity index (χ3v) is 4.32. The molecule has 0 spiro atoms. The van der Waals surface area contributed by atoms with Crippen molar-refractivity contribution in [2.75, 3.05) is 13.2 Å². The van der Waals surface area contributed by atoms with E-state index in [0.29, 0.717) is 5.92 Å². The molecule has 2 unspecified atom stereocenters. The van der Waals surface area contributed by atoms with Gasteiger partial charge in [0.05, 0.1) is 9.89 Å². The Morgan fingerprint density at radius 2 is 2.57 bits per heavy atom. The van der Waals surface area contributed by atoms with E-state index in [2.05, 4.69) is 15.9 Å². The van der Waals surface area contributed by atoms with Gasteiger partial charge in [-0.1, -0.05) is 0 Å². The zero-order valence-electron chi connectivity index (χ0n) is 7.78. The molecule has 78 valence electrons. The molecule has 0 saturated carbocycles. The van der Waals surface area contributed by atoms with Crippen LogP contribution in [0.25, 0.3) is 0 Å². The first-order chi connectivity index (χ1) is 6.77. The second-order valence-corrected chi connectivity index (χ2v) is 5.86. The molecule has 0 bridgehead atoms. The van der Waals surface area contributed by atoms with Crippen LogP contribution in [0.2, 0.25) is 0 Å². The van der Waals surface area contributed by atoms with Crippen LogP contribution in [0.1, 0.15) is 24.5 Å². The first kappa shape index (κ1) is 10.6. The Kier molecular flexibility index (Phi) is 3.60. The van der Waals surface area contributed by atoms with E-state index in [9.17, 15) is 5.11 Å². The SMILES string of the molecule is OC(CC1CCOC1)c1ccsc1Br. The molecule has 1 aromatic rings. The lowest BCUT2D eigenvalue weighted by atomic mass is 9.98. The highest BCUT2D eigenvalue weighted by atomic mass is 79.9. The first-order valence-corrected chi connectivity index (χ1v) is 6.43. The van der Waals surface area contributed by atoms with E-state index in [1.165, 1.54) is 0 Å². The van der Waals surface area contributed by atoms with Gasteiger partial charge >= 0.3 is 0 Å². The summed E-state index contributed by atoms with van der Waals surface area (Å²) in [6.07, 6.45) is 1.55. The van der Waals surface area contributed by atoms with Gasteiger partial charge in [-0.25, -0.2) is 0 Å². The van der Waals surface area contributed by atoms with E-state index in [4.69, 9.17) is 4.74 Å². The summed E-state index contributed by atoms with van der Waals surface area (Å²) in [4.78, 5) is 0. The standard InChI is InChI=1S/C10H13BrO2S/c11-10-8(2-4-14-10)9(12)5-7-1-3-13-6-7/h2,4,7,9,12H,1,3,5-6H2. The van der Waals surface area contributed by atoms with Gasteiger partial charge in [-0.2, -0.15) is 0 Å². The Morgan fingerprint density at radius 1 is 1.71 bits per heavy atom. The van der Waals surface area contributed by atoms with Crippen molar-refractivity contribution in [1.82, 2.24) is 0 Å². The maximum Gasteiger partial charge on any atom is 0.0812 e. The van der Waals surface area contributed by atoms with Crippen LogP contribution >= 0.6 is 27.3 Å². The van der Waals surface area contributed by atoms with E-state index < -0.39 is 0 Å². The third-order valence-electron chi connectivity index (χ3n) is 2.59. The van der Waals surface area contributed by atoms with Crippen LogP contribution in [0.3, 0.4) is 0 Å². The van der Waals surface area contributed by atoms with Crippen molar-refractivity contribution in [1.29, 1.82) is 0 Å². The van der Waals surface area contributed by atoms with E-state index >= 15 is 0 Å². The molecule has 14 heavy (non-hydrogen) atoms. The zero-order valence-corrected chi connectivity index (χ0v) is 10.2. The van der Waals surface area contributed by atoms with Crippen LogP contribution in [-0.2, 0) is 4.74 Å². The molecule has 1 aromatic heterocycles. The molecule has 0 radical (unpaired) electrons. The fourth-order valence-corrected chi connectivity index (χ4v) is 3.15. The van der Waals surface area contributed by atoms with E-state index in [1.807, 2.05) is 11.4 Å². The van der Waals surface area contributed by atoms with Gasteiger partial charge in [-0.15, -0.1) is 11.3 Å². The molecule has 1 aliphatic rings. The van der Waals surface area contributed by atoms with Crippen LogP contribution in [0.5, 0.6) is 0 Å². The van der Waals surface area contributed by atoms with Crippen molar-refractivity contribution in [2.45, 2.75) is 18.9 Å². The second-order valence-electron chi connectivity index (χ2n) is 3.63. The topological polar surface area (TPSA) is 29.5 Å². The van der Waals surface area contributed by atoms with Gasteiger partial charge in [0.15, 0.2) is 0 Å². The molecular formula is C10H13BrO2S. The fourth-order valence-electron chi connectivity index (χ4n) is 1.75. The molecule has 1 N–H and O–H groups in total. The zero-order chi connectivity index (χ0) is 9.97. The van der Waals surface area contributed by atoms with E-state index in [1.54, 1.807) is 11.3 Å². The lowest BCUT2D eigenvalue weighted by molar-refractivity contribution is 0.129. The average molecular weight is 277 g/mol. The van der Waals surface area contributed by atoms with Crippen LogP contribution in [0, 0.1) is 5.92 Å². The summed E-state index contributed by atoms with van der Waals surface area (Å²) < 4.78 is 6.33. The Morgan fingerprint density at radius 3 is 3.14 bits per heavy atom. The quantitative estimate of drug-likeness (QED) is 0.920. The minimum Gasteiger partial charge on any atom is -0.388 e. The summed E-state index contributed by atoms with van der Waals surface area (Å²) in [5.41, 5.74) is 1.02. The lowest BCUT2D eigenvalue weighted by Crippen LogP contribution is -2.06. The van der Waals surface area contributed by atoms with Crippen molar-refractivity contribution in [3.63, 3.8) is 0 Å². The molecular weight excluding hydrogens is 264 g/mol. The van der Waals surface area contributed by atoms with Gasteiger partial charge in [0, 0.05) is 18.8 Å². The number of hydrogen-bond donors (Lipinski definition) is 1. The maximum absolute atomic E-state index is 9.97. The molecule has 0 amide bonds. The molecule has 4 heteroatoms. The predicted molar refractivity (Wildman–Crippen MR) is 60.5 cm³/mol. The smallest absolute Gasteiger partial charge is 0.0812 e. The fraction of sp³-hybridized carbons (Fsp3) is 0.600. The summed E-state index contributed by atoms with van der Waals surface area (Å²) in [7, 11) is 0. The normalized spacial score (nSPS) is 24.0. The number of thiophene rings is 1. The van der Waals surface area contributed by atoms with Gasteiger partial charge in [0.2, 0.25) is 0 Å². The van der Waals surface area contributed by atoms with Crippen molar-refractivity contribution >= 4 is 27.3 Å².